The van der Waals surface area contributed by atoms with Gasteiger partial charge in [-0.05, 0) is 23.3 Å². The van der Waals surface area contributed by atoms with Crippen LogP contribution in [0.1, 0.15) is 23.5 Å². The number of carbonyl (C=O) groups is 2. The number of esters is 2. The minimum absolute atomic E-state index is 0.000321. The van der Waals surface area contributed by atoms with Gasteiger partial charge in [-0.1, -0.05) is 54.1 Å². The molecule has 1 heterocycles. The highest BCUT2D eigenvalue weighted by molar-refractivity contribution is 6.30. The van der Waals surface area contributed by atoms with Crippen LogP contribution in [0.25, 0.3) is 0 Å². The number of likely N-dealkylation sites (N-methyl/N-ethyl adjacent to an activating group) is 1. The second kappa shape index (κ2) is 14.4. The molecule has 0 N–H and O–H groups in total. The van der Waals surface area contributed by atoms with Crippen LogP contribution in [0.15, 0.2) is 77.3 Å². The number of nitrogens with zero attached hydrogens (tertiary/aromatic N) is 2. The van der Waals surface area contributed by atoms with E-state index in [1.54, 1.807) is 36.2 Å². The summed E-state index contributed by atoms with van der Waals surface area (Å²) in [6.07, 6.45) is 0.0122. The maximum Gasteiger partial charge on any atom is 0.340 e. The number of methoxy groups -OCH3 is 1. The summed E-state index contributed by atoms with van der Waals surface area (Å²) in [6, 6.07) is 18.0. The van der Waals surface area contributed by atoms with Gasteiger partial charge in [0.05, 0.1) is 50.0 Å². The summed E-state index contributed by atoms with van der Waals surface area (Å²) in [4.78, 5) is 28.8. The van der Waals surface area contributed by atoms with Crippen LogP contribution in [0.3, 0.4) is 0 Å². The number of hydrogen-bond donors (Lipinski definition) is 0. The highest BCUT2D eigenvalue weighted by Crippen LogP contribution is 2.43. The van der Waals surface area contributed by atoms with Crippen LogP contribution in [0.5, 0.6) is 0 Å². The maximum absolute atomic E-state index is 13.8. The van der Waals surface area contributed by atoms with Crippen LogP contribution >= 0.6 is 23.2 Å². The predicted octanol–water partition coefficient (Wildman–Crippen LogP) is 4.94. The molecule has 0 amide bonds. The average Bonchev–Trinajstić information content (AvgIpc) is 2.92. The number of halogens is 2. The number of benzene rings is 2. The van der Waals surface area contributed by atoms with E-state index in [0.29, 0.717) is 16.3 Å². The van der Waals surface area contributed by atoms with E-state index in [-0.39, 0.29) is 55.8 Å². The predicted molar refractivity (Wildman–Crippen MR) is 142 cm³/mol. The van der Waals surface area contributed by atoms with Gasteiger partial charge in [-0.2, -0.15) is 5.26 Å². The quantitative estimate of drug-likeness (QED) is 0.205. The molecule has 0 bridgehead atoms. The van der Waals surface area contributed by atoms with Gasteiger partial charge in [-0.15, -0.1) is 11.6 Å². The monoisotopic (exact) mass is 558 g/mol. The van der Waals surface area contributed by atoms with Crippen LogP contribution in [-0.4, -0.2) is 56.7 Å². The van der Waals surface area contributed by atoms with Crippen molar-refractivity contribution in [1.29, 1.82) is 5.26 Å². The van der Waals surface area contributed by atoms with Crippen molar-refractivity contribution in [3.05, 3.63) is 93.5 Å². The van der Waals surface area contributed by atoms with Crippen molar-refractivity contribution >= 4 is 35.1 Å². The summed E-state index contributed by atoms with van der Waals surface area (Å²) in [6.45, 7) is 0.139. The summed E-state index contributed by atoms with van der Waals surface area (Å²) in [5.74, 6) is -1.91. The molecule has 0 spiro atoms. The minimum Gasteiger partial charge on any atom is -0.482 e. The van der Waals surface area contributed by atoms with Crippen molar-refractivity contribution in [1.82, 2.24) is 4.90 Å². The molecule has 1 aliphatic heterocycles. The Morgan fingerprint density at radius 1 is 1.00 bits per heavy atom. The van der Waals surface area contributed by atoms with E-state index in [1.807, 2.05) is 36.4 Å². The summed E-state index contributed by atoms with van der Waals surface area (Å²) in [7, 11) is 3.07. The third-order valence-corrected chi connectivity index (χ3v) is 6.15. The summed E-state index contributed by atoms with van der Waals surface area (Å²) < 4.78 is 22.5. The Hall–Kier alpha value is -3.51. The standard InChI is InChI=1S/C28H28Cl2N2O6/c1-32-22(18-36-15-12-29)24(27(33)38-17-19-8-4-3-5-9-19)23(20-10-6-11-21(30)16-20)25(26(32)35-2)28(34)37-14-7-13-31/h3-6,8-11,16,23H,7,12,14-15,17-18H2,1-2H3. The van der Waals surface area contributed by atoms with Crippen molar-refractivity contribution in [2.24, 2.45) is 0 Å². The van der Waals surface area contributed by atoms with Crippen molar-refractivity contribution in [2.45, 2.75) is 18.9 Å². The molecule has 2 aromatic rings. The first-order valence-corrected chi connectivity index (χ1v) is 12.7. The van der Waals surface area contributed by atoms with E-state index >= 15 is 0 Å². The second-order valence-corrected chi connectivity index (χ2v) is 8.99. The van der Waals surface area contributed by atoms with Crippen molar-refractivity contribution in [2.75, 3.05) is 39.9 Å². The van der Waals surface area contributed by atoms with Crippen LogP contribution in [0.2, 0.25) is 5.02 Å². The van der Waals surface area contributed by atoms with Gasteiger partial charge in [0.1, 0.15) is 18.8 Å². The number of ether oxygens (including phenoxy) is 4. The van der Waals surface area contributed by atoms with Gasteiger partial charge in [0.2, 0.25) is 5.88 Å². The van der Waals surface area contributed by atoms with Crippen LogP contribution in [0.4, 0.5) is 0 Å². The zero-order valence-corrected chi connectivity index (χ0v) is 22.6. The molecule has 3 rings (SSSR count). The van der Waals surface area contributed by atoms with Gasteiger partial charge in [-0.25, -0.2) is 9.59 Å². The SMILES string of the molecule is COC1=C(C(=O)OCCC#N)C(c2cccc(Cl)c2)C(C(=O)OCc2ccccc2)=C(COCCCl)N1C. The fourth-order valence-electron chi connectivity index (χ4n) is 4.09. The Morgan fingerprint density at radius 2 is 1.74 bits per heavy atom. The highest BCUT2D eigenvalue weighted by atomic mass is 35.5. The number of carbonyl (C=O) groups excluding carboxylic acids is 2. The van der Waals surface area contributed by atoms with Gasteiger partial charge in [0.15, 0.2) is 0 Å². The second-order valence-electron chi connectivity index (χ2n) is 8.18. The molecule has 0 aromatic heterocycles. The van der Waals surface area contributed by atoms with E-state index in [4.69, 9.17) is 47.4 Å². The van der Waals surface area contributed by atoms with Crippen molar-refractivity contribution in [3.63, 3.8) is 0 Å². The van der Waals surface area contributed by atoms with E-state index in [1.165, 1.54) is 7.11 Å². The largest absolute Gasteiger partial charge is 0.482 e. The third-order valence-electron chi connectivity index (χ3n) is 5.76. The average molecular weight is 559 g/mol. The number of rotatable bonds is 12. The molecule has 0 radical (unpaired) electrons. The summed E-state index contributed by atoms with van der Waals surface area (Å²) in [5, 5.41) is 9.31. The lowest BCUT2D eigenvalue weighted by atomic mass is 9.81. The number of nitriles is 1. The fourth-order valence-corrected chi connectivity index (χ4v) is 4.40. The zero-order chi connectivity index (χ0) is 27.5. The molecule has 38 heavy (non-hydrogen) atoms. The smallest absolute Gasteiger partial charge is 0.340 e. The van der Waals surface area contributed by atoms with E-state index in [0.717, 1.165) is 5.56 Å². The molecule has 0 saturated heterocycles. The Morgan fingerprint density at radius 3 is 2.39 bits per heavy atom. The van der Waals surface area contributed by atoms with Gasteiger partial charge in [0.25, 0.3) is 0 Å². The number of hydrogen-bond acceptors (Lipinski definition) is 8. The number of alkyl halides is 1. The van der Waals surface area contributed by atoms with Crippen LogP contribution < -0.4 is 0 Å². The van der Waals surface area contributed by atoms with Crippen LogP contribution in [-0.2, 0) is 35.1 Å². The van der Waals surface area contributed by atoms with E-state index in [2.05, 4.69) is 0 Å². The molecule has 1 aliphatic rings. The molecule has 1 atom stereocenters. The van der Waals surface area contributed by atoms with Crippen molar-refractivity contribution in [3.8, 4) is 6.07 Å². The maximum atomic E-state index is 13.8. The normalized spacial score (nSPS) is 15.2. The lowest BCUT2D eigenvalue weighted by molar-refractivity contribution is -0.141. The zero-order valence-electron chi connectivity index (χ0n) is 21.1. The lowest BCUT2D eigenvalue weighted by Crippen LogP contribution is -2.37. The Kier molecular flexibility index (Phi) is 11.0. The molecule has 200 valence electrons. The van der Waals surface area contributed by atoms with Gasteiger partial charge in [-0.3, -0.25) is 0 Å². The minimum atomic E-state index is -0.952. The Bertz CT molecular complexity index is 1240. The van der Waals surface area contributed by atoms with Gasteiger partial charge < -0.3 is 23.8 Å². The van der Waals surface area contributed by atoms with Gasteiger partial charge >= 0.3 is 11.9 Å². The lowest BCUT2D eigenvalue weighted by Gasteiger charge is -2.36. The Balaban J connectivity index is 2.16. The molecule has 8 nitrogen and oxygen atoms in total. The first-order valence-electron chi connectivity index (χ1n) is 11.8. The Labute approximate surface area is 231 Å². The molecule has 0 aliphatic carbocycles. The first kappa shape index (κ1) is 29.1. The molecular weight excluding hydrogens is 531 g/mol. The molecular formula is C28H28Cl2N2O6. The fraction of sp³-hybridized carbons (Fsp3) is 0.321. The van der Waals surface area contributed by atoms with E-state index < -0.39 is 17.9 Å². The topological polar surface area (TPSA) is 98.1 Å². The van der Waals surface area contributed by atoms with E-state index in [9.17, 15) is 9.59 Å². The molecule has 0 saturated carbocycles. The molecule has 2 aromatic carbocycles. The summed E-state index contributed by atoms with van der Waals surface area (Å²) >= 11 is 12.1. The molecule has 10 heteroatoms. The third kappa shape index (κ3) is 7.07. The summed E-state index contributed by atoms with van der Waals surface area (Å²) in [5.41, 5.74) is 2.03. The van der Waals surface area contributed by atoms with Crippen LogP contribution in [0, 0.1) is 11.3 Å². The highest BCUT2D eigenvalue weighted by Gasteiger charge is 2.43. The first-order chi connectivity index (χ1) is 18.4. The molecule has 0 fully saturated rings. The molecule has 1 unspecified atom stereocenters. The van der Waals surface area contributed by atoms with Crippen molar-refractivity contribution < 1.29 is 28.5 Å². The van der Waals surface area contributed by atoms with Gasteiger partial charge in [0, 0.05) is 18.0 Å².